The molecule has 110 valence electrons. The molecule has 0 spiro atoms. The van der Waals surface area contributed by atoms with Crippen LogP contribution in [0.1, 0.15) is 24.0 Å². The topological polar surface area (TPSA) is 53.7 Å². The molecule has 0 bridgehead atoms. The summed E-state index contributed by atoms with van der Waals surface area (Å²) in [5.41, 5.74) is 4.24. The first-order chi connectivity index (χ1) is 10.3. The van der Waals surface area contributed by atoms with Crippen molar-refractivity contribution in [1.82, 2.24) is 9.78 Å². The van der Waals surface area contributed by atoms with Gasteiger partial charge in [-0.15, -0.1) is 0 Å². The molecule has 0 aliphatic carbocycles. The second kappa shape index (κ2) is 5.99. The van der Waals surface area contributed by atoms with Crippen molar-refractivity contribution in [2.75, 3.05) is 18.0 Å². The molecule has 0 saturated heterocycles. The van der Waals surface area contributed by atoms with Crippen molar-refractivity contribution in [3.63, 3.8) is 0 Å². The fourth-order valence-electron chi connectivity index (χ4n) is 2.89. The fourth-order valence-corrected chi connectivity index (χ4v) is 2.89. The summed E-state index contributed by atoms with van der Waals surface area (Å²) in [6.07, 6.45) is 6.76. The fraction of sp³-hybridized carbons (Fsp3) is 0.375. The number of aryl methyl sites for hydroxylation is 1. The number of oxime groups is 1. The molecule has 1 N–H and O–H groups in total. The molecule has 1 aromatic heterocycles. The first kappa shape index (κ1) is 13.7. The van der Waals surface area contributed by atoms with Gasteiger partial charge in [0.2, 0.25) is 0 Å². The van der Waals surface area contributed by atoms with E-state index in [2.05, 4.69) is 27.4 Å². The maximum atomic E-state index is 9.22. The SMILES string of the molecule is Cn1cc(CCN2CCC/C(=N/O)c3ccccc32)cn1. The zero-order valence-corrected chi connectivity index (χ0v) is 12.2. The van der Waals surface area contributed by atoms with Crippen molar-refractivity contribution >= 4 is 11.4 Å². The Hall–Kier alpha value is -2.30. The average Bonchev–Trinajstić information content (AvgIpc) is 2.83. The molecule has 1 aromatic carbocycles. The Morgan fingerprint density at radius 2 is 2.19 bits per heavy atom. The van der Waals surface area contributed by atoms with E-state index >= 15 is 0 Å². The molecule has 0 fully saturated rings. The Balaban J connectivity index is 1.81. The number of benzene rings is 1. The third kappa shape index (κ3) is 2.91. The molecular formula is C16H20N4O. The predicted octanol–water partition coefficient (Wildman–Crippen LogP) is 2.44. The molecule has 0 atom stereocenters. The van der Waals surface area contributed by atoms with Crippen LogP contribution in [0.4, 0.5) is 5.69 Å². The van der Waals surface area contributed by atoms with Crippen LogP contribution in [0.15, 0.2) is 41.8 Å². The third-order valence-corrected chi connectivity index (χ3v) is 3.95. The van der Waals surface area contributed by atoms with E-state index in [0.717, 1.165) is 49.3 Å². The lowest BCUT2D eigenvalue weighted by molar-refractivity contribution is 0.318. The van der Waals surface area contributed by atoms with E-state index in [1.165, 1.54) is 5.56 Å². The van der Waals surface area contributed by atoms with Gasteiger partial charge in [0.15, 0.2) is 0 Å². The number of anilines is 1. The van der Waals surface area contributed by atoms with E-state index < -0.39 is 0 Å². The highest BCUT2D eigenvalue weighted by Gasteiger charge is 2.19. The van der Waals surface area contributed by atoms with Crippen LogP contribution in [0.2, 0.25) is 0 Å². The molecule has 3 rings (SSSR count). The zero-order valence-electron chi connectivity index (χ0n) is 12.2. The second-order valence-corrected chi connectivity index (χ2v) is 5.43. The van der Waals surface area contributed by atoms with E-state index in [-0.39, 0.29) is 0 Å². The van der Waals surface area contributed by atoms with Gasteiger partial charge in [0.25, 0.3) is 0 Å². The van der Waals surface area contributed by atoms with Gasteiger partial charge < -0.3 is 10.1 Å². The number of aromatic nitrogens is 2. The van der Waals surface area contributed by atoms with Crippen LogP contribution in [0.25, 0.3) is 0 Å². The van der Waals surface area contributed by atoms with Crippen LogP contribution in [0.3, 0.4) is 0 Å². The monoisotopic (exact) mass is 284 g/mol. The average molecular weight is 284 g/mol. The molecule has 21 heavy (non-hydrogen) atoms. The molecule has 5 nitrogen and oxygen atoms in total. The largest absolute Gasteiger partial charge is 0.411 e. The van der Waals surface area contributed by atoms with Gasteiger partial charge in [0.05, 0.1) is 11.9 Å². The highest BCUT2D eigenvalue weighted by Crippen LogP contribution is 2.26. The van der Waals surface area contributed by atoms with Gasteiger partial charge in [-0.05, 0) is 30.9 Å². The normalized spacial score (nSPS) is 16.8. The Bertz CT molecular complexity index is 647. The maximum absolute atomic E-state index is 9.22. The van der Waals surface area contributed by atoms with Crippen LogP contribution in [0.5, 0.6) is 0 Å². The Morgan fingerprint density at radius 1 is 1.33 bits per heavy atom. The van der Waals surface area contributed by atoms with Gasteiger partial charge in [0, 0.05) is 37.6 Å². The summed E-state index contributed by atoms with van der Waals surface area (Å²) in [6, 6.07) is 8.17. The highest BCUT2D eigenvalue weighted by atomic mass is 16.4. The highest BCUT2D eigenvalue weighted by molar-refractivity contribution is 6.05. The van der Waals surface area contributed by atoms with Crippen molar-refractivity contribution in [2.45, 2.75) is 19.3 Å². The summed E-state index contributed by atoms with van der Waals surface area (Å²) in [7, 11) is 1.94. The molecule has 2 heterocycles. The molecule has 1 aliphatic heterocycles. The summed E-state index contributed by atoms with van der Waals surface area (Å²) < 4.78 is 1.84. The molecule has 1 aliphatic rings. The molecular weight excluding hydrogens is 264 g/mol. The predicted molar refractivity (Wildman–Crippen MR) is 83.1 cm³/mol. The maximum Gasteiger partial charge on any atom is 0.0889 e. The van der Waals surface area contributed by atoms with Crippen molar-refractivity contribution in [1.29, 1.82) is 0 Å². The lowest BCUT2D eigenvalue weighted by atomic mass is 10.1. The summed E-state index contributed by atoms with van der Waals surface area (Å²) in [6.45, 7) is 1.93. The number of rotatable bonds is 3. The smallest absolute Gasteiger partial charge is 0.0889 e. The Labute approximate surface area is 124 Å². The van der Waals surface area contributed by atoms with Crippen molar-refractivity contribution in [3.05, 3.63) is 47.8 Å². The van der Waals surface area contributed by atoms with Gasteiger partial charge in [-0.25, -0.2) is 0 Å². The minimum absolute atomic E-state index is 0.787. The third-order valence-electron chi connectivity index (χ3n) is 3.95. The van der Waals surface area contributed by atoms with Gasteiger partial charge in [-0.2, -0.15) is 5.10 Å². The van der Waals surface area contributed by atoms with Crippen LogP contribution < -0.4 is 4.90 Å². The molecule has 0 saturated carbocycles. The van der Waals surface area contributed by atoms with Crippen molar-refractivity contribution < 1.29 is 5.21 Å². The van der Waals surface area contributed by atoms with Crippen molar-refractivity contribution in [3.8, 4) is 0 Å². The first-order valence-corrected chi connectivity index (χ1v) is 7.31. The van der Waals surface area contributed by atoms with E-state index in [1.54, 1.807) is 0 Å². The summed E-state index contributed by atoms with van der Waals surface area (Å²) in [5.74, 6) is 0. The Kier molecular flexibility index (Phi) is 3.90. The zero-order chi connectivity index (χ0) is 14.7. The van der Waals surface area contributed by atoms with Crippen LogP contribution in [0, 0.1) is 0 Å². The summed E-state index contributed by atoms with van der Waals surface area (Å²) in [4.78, 5) is 2.38. The van der Waals surface area contributed by atoms with E-state index in [4.69, 9.17) is 0 Å². The molecule has 0 amide bonds. The number of para-hydroxylation sites is 1. The molecule has 5 heteroatoms. The quantitative estimate of drug-likeness (QED) is 0.696. The van der Waals surface area contributed by atoms with E-state index in [1.807, 2.05) is 36.1 Å². The lowest BCUT2D eigenvalue weighted by Crippen LogP contribution is -2.26. The molecule has 2 aromatic rings. The molecule has 0 unspecified atom stereocenters. The van der Waals surface area contributed by atoms with Gasteiger partial charge in [-0.1, -0.05) is 23.4 Å². The number of fused-ring (bicyclic) bond motifs is 1. The summed E-state index contributed by atoms with van der Waals surface area (Å²) in [5, 5.41) is 16.9. The van der Waals surface area contributed by atoms with Crippen LogP contribution in [-0.2, 0) is 13.5 Å². The van der Waals surface area contributed by atoms with Crippen LogP contribution >= 0.6 is 0 Å². The summed E-state index contributed by atoms with van der Waals surface area (Å²) >= 11 is 0. The molecule has 0 radical (unpaired) electrons. The Morgan fingerprint density at radius 3 is 2.95 bits per heavy atom. The minimum atomic E-state index is 0.787. The lowest BCUT2D eigenvalue weighted by Gasteiger charge is -2.24. The number of nitrogens with zero attached hydrogens (tertiary/aromatic N) is 4. The minimum Gasteiger partial charge on any atom is -0.411 e. The number of hydrogen-bond acceptors (Lipinski definition) is 4. The van der Waals surface area contributed by atoms with Gasteiger partial charge in [0.1, 0.15) is 0 Å². The van der Waals surface area contributed by atoms with Crippen LogP contribution in [-0.4, -0.2) is 33.8 Å². The van der Waals surface area contributed by atoms with E-state index in [0.29, 0.717) is 0 Å². The van der Waals surface area contributed by atoms with Gasteiger partial charge in [-0.3, -0.25) is 4.68 Å². The van der Waals surface area contributed by atoms with E-state index in [9.17, 15) is 5.21 Å². The standard InChI is InChI=1S/C16H20N4O/c1-19-12-13(11-17-19)8-10-20-9-4-6-15(18-21)14-5-2-3-7-16(14)20/h2-3,5,7,11-12,21H,4,6,8-10H2,1H3/b18-15-. The second-order valence-electron chi connectivity index (χ2n) is 5.43. The first-order valence-electron chi connectivity index (χ1n) is 7.31. The number of hydrogen-bond donors (Lipinski definition) is 1. The van der Waals surface area contributed by atoms with Crippen molar-refractivity contribution in [2.24, 2.45) is 12.2 Å². The van der Waals surface area contributed by atoms with Gasteiger partial charge >= 0.3 is 0 Å².